The van der Waals surface area contributed by atoms with Gasteiger partial charge in [0.05, 0.1) is 0 Å². The van der Waals surface area contributed by atoms with Crippen LogP contribution in [0.5, 0.6) is 0 Å². The summed E-state index contributed by atoms with van der Waals surface area (Å²) in [5.74, 6) is 0.617. The highest BCUT2D eigenvalue weighted by Crippen LogP contribution is 2.48. The number of nitrogens with one attached hydrogen (secondary N) is 1. The Labute approximate surface area is 65.1 Å². The van der Waals surface area contributed by atoms with Crippen LogP contribution in [0.1, 0.15) is 23.1 Å². The molecule has 1 aliphatic heterocycles. The van der Waals surface area contributed by atoms with Crippen molar-refractivity contribution in [1.29, 1.82) is 0 Å². The lowest BCUT2D eigenvalue weighted by Gasteiger charge is -2.31. The van der Waals surface area contributed by atoms with E-state index in [1.807, 2.05) is 0 Å². The van der Waals surface area contributed by atoms with Gasteiger partial charge >= 0.3 is 0 Å². The van der Waals surface area contributed by atoms with Gasteiger partial charge in [-0.25, -0.2) is 5.48 Å². The molecule has 1 N–H and O–H groups in total. The van der Waals surface area contributed by atoms with Crippen LogP contribution < -0.4 is 5.48 Å². The minimum Gasteiger partial charge on any atom is -0.293 e. The van der Waals surface area contributed by atoms with Crippen LogP contribution in [0.25, 0.3) is 0 Å². The summed E-state index contributed by atoms with van der Waals surface area (Å²) < 4.78 is 0. The fourth-order valence-electron chi connectivity index (χ4n) is 1.98. The first-order valence-electron chi connectivity index (χ1n) is 3.94. The van der Waals surface area contributed by atoms with E-state index in [0.29, 0.717) is 12.0 Å². The van der Waals surface area contributed by atoms with Gasteiger partial charge in [0.2, 0.25) is 0 Å². The SMILES string of the molecule is c1ccc2c(c1)C1CNOC21. The molecule has 1 saturated heterocycles. The Morgan fingerprint density at radius 3 is 3.00 bits per heavy atom. The maximum absolute atomic E-state index is 5.33. The van der Waals surface area contributed by atoms with Gasteiger partial charge in [-0.3, -0.25) is 4.84 Å². The Morgan fingerprint density at radius 1 is 1.27 bits per heavy atom. The molecule has 2 aliphatic rings. The maximum Gasteiger partial charge on any atom is 0.112 e. The topological polar surface area (TPSA) is 21.3 Å². The molecule has 0 saturated carbocycles. The Morgan fingerprint density at radius 2 is 2.09 bits per heavy atom. The smallest absolute Gasteiger partial charge is 0.112 e. The van der Waals surface area contributed by atoms with E-state index in [9.17, 15) is 0 Å². The molecule has 0 aromatic heterocycles. The summed E-state index contributed by atoms with van der Waals surface area (Å²) >= 11 is 0. The third-order valence-corrected chi connectivity index (χ3v) is 2.58. The van der Waals surface area contributed by atoms with Gasteiger partial charge < -0.3 is 0 Å². The fourth-order valence-corrected chi connectivity index (χ4v) is 1.98. The van der Waals surface area contributed by atoms with E-state index in [-0.39, 0.29) is 0 Å². The van der Waals surface area contributed by atoms with E-state index < -0.39 is 0 Å². The Bertz CT molecular complexity index is 268. The molecule has 3 rings (SSSR count). The van der Waals surface area contributed by atoms with E-state index in [2.05, 4.69) is 29.7 Å². The number of hydrogen-bond donors (Lipinski definition) is 1. The standard InChI is InChI=1S/C9H9NO/c1-2-4-7-6(3-1)8-5-10-11-9(7)8/h1-4,8-10H,5H2. The highest BCUT2D eigenvalue weighted by molar-refractivity contribution is 5.44. The lowest BCUT2D eigenvalue weighted by atomic mass is 9.75. The predicted molar refractivity (Wildman–Crippen MR) is 41.0 cm³/mol. The van der Waals surface area contributed by atoms with Gasteiger partial charge in [-0.05, 0) is 11.1 Å². The van der Waals surface area contributed by atoms with Crippen LogP contribution in [0.4, 0.5) is 0 Å². The van der Waals surface area contributed by atoms with Gasteiger partial charge in [-0.1, -0.05) is 24.3 Å². The lowest BCUT2D eigenvalue weighted by Crippen LogP contribution is -2.21. The summed E-state index contributed by atoms with van der Waals surface area (Å²) in [5.41, 5.74) is 5.76. The zero-order valence-corrected chi connectivity index (χ0v) is 6.08. The third-order valence-electron chi connectivity index (χ3n) is 2.58. The minimum atomic E-state index is 0.339. The first-order valence-corrected chi connectivity index (χ1v) is 3.94. The molecule has 1 aliphatic carbocycles. The van der Waals surface area contributed by atoms with Gasteiger partial charge in [-0.15, -0.1) is 0 Å². The van der Waals surface area contributed by atoms with Gasteiger partial charge in [-0.2, -0.15) is 0 Å². The minimum absolute atomic E-state index is 0.339. The summed E-state index contributed by atoms with van der Waals surface area (Å²) in [4.78, 5) is 5.33. The van der Waals surface area contributed by atoms with E-state index in [4.69, 9.17) is 4.84 Å². The van der Waals surface area contributed by atoms with Crippen LogP contribution in [0.15, 0.2) is 24.3 Å². The molecule has 2 nitrogen and oxygen atoms in total. The molecule has 1 fully saturated rings. The van der Waals surface area contributed by atoms with Crippen LogP contribution in [0.3, 0.4) is 0 Å². The van der Waals surface area contributed by atoms with Crippen molar-refractivity contribution in [2.24, 2.45) is 0 Å². The van der Waals surface area contributed by atoms with Crippen LogP contribution in [-0.2, 0) is 4.84 Å². The number of hydroxylamine groups is 1. The molecule has 1 aromatic carbocycles. The second kappa shape index (κ2) is 1.84. The normalized spacial score (nSPS) is 32.4. The molecule has 0 bridgehead atoms. The average molecular weight is 147 g/mol. The Hall–Kier alpha value is -0.860. The molecule has 56 valence electrons. The summed E-state index contributed by atoms with van der Waals surface area (Å²) in [5, 5.41) is 0. The summed E-state index contributed by atoms with van der Waals surface area (Å²) in [6.07, 6.45) is 0.339. The van der Waals surface area contributed by atoms with E-state index in [0.717, 1.165) is 6.54 Å². The molecule has 11 heavy (non-hydrogen) atoms. The quantitative estimate of drug-likeness (QED) is 0.598. The second-order valence-electron chi connectivity index (χ2n) is 3.12. The van der Waals surface area contributed by atoms with E-state index >= 15 is 0 Å². The highest BCUT2D eigenvalue weighted by atomic mass is 16.7. The molecular weight excluding hydrogens is 138 g/mol. The first kappa shape index (κ1) is 5.75. The fraction of sp³-hybridized carbons (Fsp3) is 0.333. The molecule has 2 unspecified atom stereocenters. The van der Waals surface area contributed by atoms with Gasteiger partial charge in [0.25, 0.3) is 0 Å². The van der Waals surface area contributed by atoms with Crippen LogP contribution in [-0.4, -0.2) is 6.54 Å². The number of fused-ring (bicyclic) bond motifs is 4. The van der Waals surface area contributed by atoms with Crippen molar-refractivity contribution < 1.29 is 4.84 Å². The number of benzene rings is 1. The van der Waals surface area contributed by atoms with Crippen molar-refractivity contribution in [2.75, 3.05) is 6.54 Å². The van der Waals surface area contributed by atoms with Crippen LogP contribution in [0.2, 0.25) is 0 Å². The summed E-state index contributed by atoms with van der Waals surface area (Å²) in [6, 6.07) is 8.49. The zero-order chi connectivity index (χ0) is 7.26. The van der Waals surface area contributed by atoms with Gasteiger partial charge in [0.15, 0.2) is 0 Å². The lowest BCUT2D eigenvalue weighted by molar-refractivity contribution is 0.0190. The maximum atomic E-state index is 5.33. The second-order valence-corrected chi connectivity index (χ2v) is 3.12. The van der Waals surface area contributed by atoms with Crippen molar-refractivity contribution in [3.8, 4) is 0 Å². The highest BCUT2D eigenvalue weighted by Gasteiger charge is 2.42. The Kier molecular flexibility index (Phi) is 0.962. The van der Waals surface area contributed by atoms with Crippen molar-refractivity contribution in [3.05, 3.63) is 35.4 Å². The molecule has 0 amide bonds. The van der Waals surface area contributed by atoms with E-state index in [1.54, 1.807) is 0 Å². The van der Waals surface area contributed by atoms with Crippen molar-refractivity contribution in [3.63, 3.8) is 0 Å². The van der Waals surface area contributed by atoms with Crippen molar-refractivity contribution in [2.45, 2.75) is 12.0 Å². The monoisotopic (exact) mass is 147 g/mol. The number of hydrogen-bond acceptors (Lipinski definition) is 2. The third kappa shape index (κ3) is 0.588. The van der Waals surface area contributed by atoms with Gasteiger partial charge in [0, 0.05) is 12.5 Å². The zero-order valence-electron chi connectivity index (χ0n) is 6.08. The molecule has 1 aromatic rings. The Balaban J connectivity index is 2.13. The number of rotatable bonds is 0. The molecular formula is C9H9NO. The molecule has 0 radical (unpaired) electrons. The van der Waals surface area contributed by atoms with Crippen molar-refractivity contribution >= 4 is 0 Å². The van der Waals surface area contributed by atoms with E-state index in [1.165, 1.54) is 11.1 Å². The largest absolute Gasteiger partial charge is 0.293 e. The van der Waals surface area contributed by atoms with Crippen molar-refractivity contribution in [1.82, 2.24) is 5.48 Å². The average Bonchev–Trinajstić information content (AvgIpc) is 2.44. The van der Waals surface area contributed by atoms with Crippen LogP contribution >= 0.6 is 0 Å². The summed E-state index contributed by atoms with van der Waals surface area (Å²) in [7, 11) is 0. The van der Waals surface area contributed by atoms with Gasteiger partial charge in [0.1, 0.15) is 6.10 Å². The molecule has 2 heteroatoms. The van der Waals surface area contributed by atoms with Crippen LogP contribution in [0, 0.1) is 0 Å². The summed E-state index contributed by atoms with van der Waals surface area (Å²) in [6.45, 7) is 0.974. The molecule has 2 atom stereocenters. The first-order chi connectivity index (χ1) is 5.47. The predicted octanol–water partition coefficient (Wildman–Crippen LogP) is 1.36. The molecule has 1 heterocycles. The molecule has 0 spiro atoms.